The molecule has 1 N–H and O–H groups in total. The van der Waals surface area contributed by atoms with Gasteiger partial charge < -0.3 is 5.43 Å². The summed E-state index contributed by atoms with van der Waals surface area (Å²) < 4.78 is 37.8. The summed E-state index contributed by atoms with van der Waals surface area (Å²) in [5.74, 6) is 0. The number of hydrogen-bond donors (Lipinski definition) is 1. The second-order valence-corrected chi connectivity index (χ2v) is 5.59. The number of hydrazine groups is 1. The van der Waals surface area contributed by atoms with E-state index >= 15 is 0 Å². The molecule has 0 fully saturated rings. The topological polar surface area (TPSA) is 15.3 Å². The number of halogens is 3. The van der Waals surface area contributed by atoms with Gasteiger partial charge in [0.15, 0.2) is 0 Å². The second kappa shape index (κ2) is 7.78. The fourth-order valence-electron chi connectivity index (χ4n) is 2.44. The molecule has 0 aliphatic rings. The van der Waals surface area contributed by atoms with Crippen LogP contribution in [-0.2, 0) is 6.18 Å². The van der Waals surface area contributed by atoms with Crippen LogP contribution < -0.4 is 10.4 Å². The van der Waals surface area contributed by atoms with Crippen LogP contribution in [0.1, 0.15) is 11.1 Å². The SMILES string of the molecule is FC(F)(F)c1ccc(/C=C/NN(c2ccccc2)c2ccccc2)cc1. The number of benzene rings is 3. The monoisotopic (exact) mass is 354 g/mol. The van der Waals surface area contributed by atoms with Gasteiger partial charge in [-0.1, -0.05) is 48.5 Å². The molecular weight excluding hydrogens is 337 g/mol. The molecule has 0 heterocycles. The van der Waals surface area contributed by atoms with Crippen LogP contribution in [0.3, 0.4) is 0 Å². The first-order valence-electron chi connectivity index (χ1n) is 8.04. The molecule has 5 heteroatoms. The van der Waals surface area contributed by atoms with Gasteiger partial charge in [0, 0.05) is 6.20 Å². The Labute approximate surface area is 150 Å². The van der Waals surface area contributed by atoms with Crippen molar-refractivity contribution in [1.29, 1.82) is 0 Å². The highest BCUT2D eigenvalue weighted by molar-refractivity contribution is 5.62. The standard InChI is InChI=1S/C21H17F3N2/c22-21(23,24)18-13-11-17(12-14-18)15-16-25-26(19-7-3-1-4-8-19)20-9-5-2-6-10-20/h1-16,25H/b16-15+. The zero-order valence-electron chi connectivity index (χ0n) is 13.8. The largest absolute Gasteiger partial charge is 0.416 e. The number of para-hydroxylation sites is 2. The lowest BCUT2D eigenvalue weighted by Gasteiger charge is -2.24. The zero-order chi connectivity index (χ0) is 18.4. The van der Waals surface area contributed by atoms with Gasteiger partial charge in [0.2, 0.25) is 0 Å². The van der Waals surface area contributed by atoms with Gasteiger partial charge in [-0.05, 0) is 48.0 Å². The van der Waals surface area contributed by atoms with Crippen molar-refractivity contribution in [3.63, 3.8) is 0 Å². The Hall–Kier alpha value is -3.21. The predicted octanol–water partition coefficient (Wildman–Crippen LogP) is 6.02. The van der Waals surface area contributed by atoms with Gasteiger partial charge in [-0.15, -0.1) is 0 Å². The lowest BCUT2D eigenvalue weighted by atomic mass is 10.1. The maximum absolute atomic E-state index is 12.6. The summed E-state index contributed by atoms with van der Waals surface area (Å²) in [4.78, 5) is 0. The lowest BCUT2D eigenvalue weighted by molar-refractivity contribution is -0.137. The number of anilines is 2. The van der Waals surface area contributed by atoms with Crippen LogP contribution in [0.25, 0.3) is 6.08 Å². The molecule has 0 amide bonds. The Kier molecular flexibility index (Phi) is 5.27. The predicted molar refractivity (Wildman–Crippen MR) is 98.6 cm³/mol. The normalized spacial score (nSPS) is 11.5. The smallest absolute Gasteiger partial charge is 0.301 e. The van der Waals surface area contributed by atoms with E-state index in [4.69, 9.17) is 0 Å². The van der Waals surface area contributed by atoms with Gasteiger partial charge >= 0.3 is 6.18 Å². The Balaban J connectivity index is 1.77. The summed E-state index contributed by atoms with van der Waals surface area (Å²) in [6, 6.07) is 24.5. The summed E-state index contributed by atoms with van der Waals surface area (Å²) in [5.41, 5.74) is 5.08. The molecule has 132 valence electrons. The molecule has 3 aromatic rings. The van der Waals surface area contributed by atoms with Gasteiger partial charge in [-0.2, -0.15) is 13.2 Å². The van der Waals surface area contributed by atoms with E-state index in [0.717, 1.165) is 23.5 Å². The Morgan fingerprint density at radius 1 is 0.692 bits per heavy atom. The van der Waals surface area contributed by atoms with Crippen molar-refractivity contribution < 1.29 is 13.2 Å². The fraction of sp³-hybridized carbons (Fsp3) is 0.0476. The molecule has 26 heavy (non-hydrogen) atoms. The van der Waals surface area contributed by atoms with E-state index in [9.17, 15) is 13.2 Å². The third-order valence-electron chi connectivity index (χ3n) is 3.75. The van der Waals surface area contributed by atoms with Gasteiger partial charge in [-0.3, -0.25) is 5.01 Å². The maximum Gasteiger partial charge on any atom is 0.416 e. The number of nitrogens with zero attached hydrogens (tertiary/aromatic N) is 1. The third-order valence-corrected chi connectivity index (χ3v) is 3.75. The average molecular weight is 354 g/mol. The lowest BCUT2D eigenvalue weighted by Crippen LogP contribution is -2.29. The minimum Gasteiger partial charge on any atom is -0.301 e. The van der Waals surface area contributed by atoms with Crippen LogP contribution in [0.15, 0.2) is 91.1 Å². The Morgan fingerprint density at radius 3 is 1.65 bits per heavy atom. The highest BCUT2D eigenvalue weighted by Gasteiger charge is 2.29. The summed E-state index contributed by atoms with van der Waals surface area (Å²) in [6.45, 7) is 0. The molecule has 0 saturated heterocycles. The number of hydrogen-bond acceptors (Lipinski definition) is 2. The van der Waals surface area contributed by atoms with Crippen LogP contribution in [-0.4, -0.2) is 0 Å². The molecule has 0 bridgehead atoms. The highest BCUT2D eigenvalue weighted by Crippen LogP contribution is 2.29. The van der Waals surface area contributed by atoms with Crippen LogP contribution in [0, 0.1) is 0 Å². The first kappa shape index (κ1) is 17.6. The fourth-order valence-corrected chi connectivity index (χ4v) is 2.44. The first-order chi connectivity index (χ1) is 12.5. The zero-order valence-corrected chi connectivity index (χ0v) is 13.8. The molecule has 2 nitrogen and oxygen atoms in total. The van der Waals surface area contributed by atoms with E-state index in [2.05, 4.69) is 5.43 Å². The van der Waals surface area contributed by atoms with Crippen LogP contribution in [0.2, 0.25) is 0 Å². The highest BCUT2D eigenvalue weighted by atomic mass is 19.4. The molecular formula is C21H17F3N2. The van der Waals surface area contributed by atoms with Crippen molar-refractivity contribution in [2.24, 2.45) is 0 Å². The Bertz CT molecular complexity index is 802. The van der Waals surface area contributed by atoms with E-state index < -0.39 is 11.7 Å². The van der Waals surface area contributed by atoms with E-state index in [1.54, 1.807) is 12.3 Å². The van der Waals surface area contributed by atoms with Crippen molar-refractivity contribution in [2.75, 3.05) is 5.01 Å². The molecule has 3 rings (SSSR count). The minimum atomic E-state index is -4.32. The Morgan fingerprint density at radius 2 is 1.19 bits per heavy atom. The van der Waals surface area contributed by atoms with Crippen molar-refractivity contribution in [3.8, 4) is 0 Å². The average Bonchev–Trinajstić information content (AvgIpc) is 2.66. The van der Waals surface area contributed by atoms with Crippen molar-refractivity contribution >= 4 is 17.5 Å². The first-order valence-corrected chi connectivity index (χ1v) is 8.04. The molecule has 0 aliphatic carbocycles. The molecule has 0 radical (unpaired) electrons. The summed E-state index contributed by atoms with van der Waals surface area (Å²) in [6.07, 6.45) is -0.903. The molecule has 3 aromatic carbocycles. The van der Waals surface area contributed by atoms with E-state index in [1.807, 2.05) is 65.7 Å². The van der Waals surface area contributed by atoms with Crippen molar-refractivity contribution in [3.05, 3.63) is 102 Å². The van der Waals surface area contributed by atoms with Crippen LogP contribution >= 0.6 is 0 Å². The van der Waals surface area contributed by atoms with Gasteiger partial charge in [0.1, 0.15) is 0 Å². The number of rotatable bonds is 5. The van der Waals surface area contributed by atoms with Gasteiger partial charge in [-0.25, -0.2) is 0 Å². The molecule has 0 spiro atoms. The number of nitrogens with one attached hydrogen (secondary N) is 1. The summed E-state index contributed by atoms with van der Waals surface area (Å²) in [7, 11) is 0. The summed E-state index contributed by atoms with van der Waals surface area (Å²) >= 11 is 0. The molecule has 0 aromatic heterocycles. The van der Waals surface area contributed by atoms with Gasteiger partial charge in [0.25, 0.3) is 0 Å². The van der Waals surface area contributed by atoms with Crippen molar-refractivity contribution in [1.82, 2.24) is 5.43 Å². The minimum absolute atomic E-state index is 0.655. The molecule has 0 saturated carbocycles. The third kappa shape index (κ3) is 4.45. The van der Waals surface area contributed by atoms with Gasteiger partial charge in [0.05, 0.1) is 16.9 Å². The van der Waals surface area contributed by atoms with Crippen LogP contribution in [0.5, 0.6) is 0 Å². The summed E-state index contributed by atoms with van der Waals surface area (Å²) in [5, 5.41) is 1.89. The molecule has 0 unspecified atom stereocenters. The van der Waals surface area contributed by atoms with Crippen molar-refractivity contribution in [2.45, 2.75) is 6.18 Å². The maximum atomic E-state index is 12.6. The van der Waals surface area contributed by atoms with Crippen LogP contribution in [0.4, 0.5) is 24.5 Å². The molecule has 0 aliphatic heterocycles. The van der Waals surface area contributed by atoms with E-state index in [0.29, 0.717) is 5.56 Å². The van der Waals surface area contributed by atoms with E-state index in [1.165, 1.54) is 12.1 Å². The quantitative estimate of drug-likeness (QED) is 0.564. The molecule has 0 atom stereocenters. The second-order valence-electron chi connectivity index (χ2n) is 5.59. The number of alkyl halides is 3. The van der Waals surface area contributed by atoms with E-state index in [-0.39, 0.29) is 0 Å².